The number of aliphatic hydroxyl groups is 1. The van der Waals surface area contributed by atoms with Gasteiger partial charge >= 0.3 is 6.18 Å². The van der Waals surface area contributed by atoms with Crippen LogP contribution in [0.5, 0.6) is 0 Å². The first-order valence-corrected chi connectivity index (χ1v) is 10.2. The molecule has 31 heavy (non-hydrogen) atoms. The van der Waals surface area contributed by atoms with Crippen molar-refractivity contribution < 1.29 is 27.5 Å². The molecule has 0 aliphatic rings. The van der Waals surface area contributed by atoms with Gasteiger partial charge in [-0.1, -0.05) is 26.0 Å². The highest BCUT2D eigenvalue weighted by Crippen LogP contribution is 2.29. The van der Waals surface area contributed by atoms with Crippen molar-refractivity contribution >= 4 is 5.91 Å². The van der Waals surface area contributed by atoms with Crippen molar-refractivity contribution in [1.29, 1.82) is 0 Å². The van der Waals surface area contributed by atoms with Crippen LogP contribution in [-0.2, 0) is 24.1 Å². The Labute approximate surface area is 178 Å². The maximum atomic E-state index is 13.9. The van der Waals surface area contributed by atoms with E-state index >= 15 is 0 Å². The normalized spacial score (nSPS) is 12.6. The first-order chi connectivity index (χ1) is 14.6. The van der Waals surface area contributed by atoms with Gasteiger partial charge in [0.15, 0.2) is 5.69 Å². The molecule has 1 amide bonds. The molecule has 1 atom stereocenters. The molecule has 0 fully saturated rings. The van der Waals surface area contributed by atoms with Crippen LogP contribution in [0.4, 0.5) is 17.6 Å². The van der Waals surface area contributed by atoms with Crippen molar-refractivity contribution in [2.45, 2.75) is 58.9 Å². The fraction of sp³-hybridized carbons (Fsp3) is 0.524. The smallest absolute Gasteiger partial charge is 0.392 e. The van der Waals surface area contributed by atoms with Crippen LogP contribution < -0.4 is 10.3 Å². The van der Waals surface area contributed by atoms with Gasteiger partial charge in [0.05, 0.1) is 24.8 Å². The maximum absolute atomic E-state index is 13.9. The lowest BCUT2D eigenvalue weighted by atomic mass is 9.98. The monoisotopic (exact) mass is 444 g/mol. The van der Waals surface area contributed by atoms with Gasteiger partial charge in [-0.25, -0.2) is 4.39 Å². The van der Waals surface area contributed by atoms with Gasteiger partial charge in [-0.05, 0) is 37.5 Å². The summed E-state index contributed by atoms with van der Waals surface area (Å²) in [6.45, 7) is 5.82. The predicted molar refractivity (Wildman–Crippen MR) is 108 cm³/mol. The van der Waals surface area contributed by atoms with E-state index in [1.165, 1.54) is 23.0 Å². The number of amides is 1. The number of benzene rings is 1. The first-order valence-electron chi connectivity index (χ1n) is 10.2. The Morgan fingerprint density at radius 3 is 2.39 bits per heavy atom. The molecule has 2 N–H and O–H groups in total. The van der Waals surface area contributed by atoms with Crippen LogP contribution in [0.3, 0.4) is 0 Å². The van der Waals surface area contributed by atoms with E-state index in [1.807, 2.05) is 13.8 Å². The first kappa shape index (κ1) is 24.6. The van der Waals surface area contributed by atoms with Gasteiger partial charge in [0.1, 0.15) is 5.82 Å². The molecule has 1 aromatic heterocycles. The van der Waals surface area contributed by atoms with Crippen molar-refractivity contribution in [2.75, 3.05) is 18.1 Å². The fourth-order valence-electron chi connectivity index (χ4n) is 3.18. The molecule has 0 saturated carbocycles. The average molecular weight is 444 g/mol. The summed E-state index contributed by atoms with van der Waals surface area (Å²) in [6, 6.07) is 5.03. The maximum Gasteiger partial charge on any atom is 0.435 e. The average Bonchev–Trinajstić information content (AvgIpc) is 3.16. The summed E-state index contributed by atoms with van der Waals surface area (Å²) in [5.41, 5.74) is -0.303. The number of halogens is 4. The highest BCUT2D eigenvalue weighted by atomic mass is 19.4. The summed E-state index contributed by atoms with van der Waals surface area (Å²) in [5, 5.41) is 17.1. The van der Waals surface area contributed by atoms with Gasteiger partial charge in [0.2, 0.25) is 5.91 Å². The van der Waals surface area contributed by atoms with Gasteiger partial charge in [-0.2, -0.15) is 18.0 Å². The van der Waals surface area contributed by atoms with Crippen LogP contribution in [0.15, 0.2) is 24.3 Å². The molecule has 0 radical (unpaired) electrons. The number of aromatic nitrogens is 2. The second-order valence-electron chi connectivity index (χ2n) is 7.31. The number of hydrogen-bond donors (Lipinski definition) is 2. The summed E-state index contributed by atoms with van der Waals surface area (Å²) in [5.74, 6) is -1.82. The van der Waals surface area contributed by atoms with Crippen LogP contribution in [0, 0.1) is 5.82 Å². The molecule has 172 valence electrons. The van der Waals surface area contributed by atoms with E-state index in [0.717, 1.165) is 18.9 Å². The molecular weight excluding hydrogens is 416 g/mol. The van der Waals surface area contributed by atoms with Gasteiger partial charge in [0, 0.05) is 18.7 Å². The minimum absolute atomic E-state index is 0.117. The third-order valence-corrected chi connectivity index (χ3v) is 4.87. The SMILES string of the molecule is CCCN(CCC)n1nc(C(F)(F)F)cc1CNC(=O)C(C)c1ccc(CO)c(F)c1. The Morgan fingerprint density at radius 2 is 1.87 bits per heavy atom. The van der Waals surface area contributed by atoms with E-state index in [2.05, 4.69) is 10.4 Å². The Kier molecular flexibility index (Phi) is 8.43. The minimum atomic E-state index is -4.60. The molecule has 0 aliphatic carbocycles. The van der Waals surface area contributed by atoms with E-state index in [1.54, 1.807) is 11.9 Å². The molecule has 1 aromatic carbocycles. The van der Waals surface area contributed by atoms with E-state index < -0.39 is 36.1 Å². The number of nitrogens with one attached hydrogen (secondary N) is 1. The van der Waals surface area contributed by atoms with E-state index in [4.69, 9.17) is 5.11 Å². The molecule has 0 bridgehead atoms. The van der Waals surface area contributed by atoms with Crippen LogP contribution in [0.25, 0.3) is 0 Å². The topological polar surface area (TPSA) is 70.4 Å². The third kappa shape index (κ3) is 6.19. The lowest BCUT2D eigenvalue weighted by molar-refractivity contribution is -0.141. The lowest BCUT2D eigenvalue weighted by Crippen LogP contribution is -2.39. The summed E-state index contributed by atoms with van der Waals surface area (Å²) < 4.78 is 53.6. The summed E-state index contributed by atoms with van der Waals surface area (Å²) >= 11 is 0. The van der Waals surface area contributed by atoms with Crippen molar-refractivity contribution in [3.8, 4) is 0 Å². The van der Waals surface area contributed by atoms with Crippen LogP contribution in [0.1, 0.15) is 62.0 Å². The highest BCUT2D eigenvalue weighted by Gasteiger charge is 2.35. The third-order valence-electron chi connectivity index (χ3n) is 4.87. The fourth-order valence-corrected chi connectivity index (χ4v) is 3.18. The molecule has 0 spiro atoms. The van der Waals surface area contributed by atoms with Crippen LogP contribution in [-0.4, -0.2) is 34.0 Å². The standard InChI is InChI=1S/C21H28F4N4O2/c1-4-8-28(9-5-2)29-17(11-19(27-29)21(23,24)25)12-26-20(31)14(3)15-6-7-16(13-30)18(22)10-15/h6-7,10-11,14,30H,4-5,8-9,12-13H2,1-3H3,(H,26,31). The summed E-state index contributed by atoms with van der Waals surface area (Å²) in [7, 11) is 0. The zero-order valence-electron chi connectivity index (χ0n) is 17.8. The van der Waals surface area contributed by atoms with Crippen molar-refractivity contribution in [1.82, 2.24) is 15.2 Å². The molecule has 0 saturated heterocycles. The quantitative estimate of drug-likeness (QED) is 0.548. The number of aliphatic hydroxyl groups excluding tert-OH is 1. The summed E-state index contributed by atoms with van der Waals surface area (Å²) in [6.07, 6.45) is -3.16. The molecule has 10 heteroatoms. The van der Waals surface area contributed by atoms with Crippen LogP contribution in [0.2, 0.25) is 0 Å². The number of carbonyl (C=O) groups is 1. The van der Waals surface area contributed by atoms with Crippen molar-refractivity contribution in [3.05, 3.63) is 52.6 Å². The van der Waals surface area contributed by atoms with Gasteiger partial charge in [0.25, 0.3) is 0 Å². The van der Waals surface area contributed by atoms with Crippen LogP contribution >= 0.6 is 0 Å². The Bertz CT molecular complexity index is 877. The molecule has 6 nitrogen and oxygen atoms in total. The Morgan fingerprint density at radius 1 is 1.23 bits per heavy atom. The Balaban J connectivity index is 2.21. The zero-order chi connectivity index (χ0) is 23.2. The number of hydrogen-bond acceptors (Lipinski definition) is 4. The number of rotatable bonds is 10. The van der Waals surface area contributed by atoms with Gasteiger partial charge < -0.3 is 10.4 Å². The lowest BCUT2D eigenvalue weighted by Gasteiger charge is -2.25. The second kappa shape index (κ2) is 10.6. The molecule has 1 unspecified atom stereocenters. The van der Waals surface area contributed by atoms with Crippen molar-refractivity contribution in [3.63, 3.8) is 0 Å². The van der Waals surface area contributed by atoms with Gasteiger partial charge in [-0.15, -0.1) is 5.10 Å². The van der Waals surface area contributed by atoms with E-state index in [9.17, 15) is 22.4 Å². The largest absolute Gasteiger partial charge is 0.435 e. The molecule has 0 aliphatic heterocycles. The number of carbonyl (C=O) groups excluding carboxylic acids is 1. The molecule has 1 heterocycles. The highest BCUT2D eigenvalue weighted by molar-refractivity contribution is 5.83. The number of alkyl halides is 3. The molecular formula is C21H28F4N4O2. The minimum Gasteiger partial charge on any atom is -0.392 e. The second-order valence-corrected chi connectivity index (χ2v) is 7.31. The molecule has 2 rings (SSSR count). The Hall–Kier alpha value is -2.62. The number of nitrogens with zero attached hydrogens (tertiary/aromatic N) is 3. The van der Waals surface area contributed by atoms with Crippen molar-refractivity contribution in [2.24, 2.45) is 0 Å². The zero-order valence-corrected chi connectivity index (χ0v) is 17.8. The van der Waals surface area contributed by atoms with Gasteiger partial charge in [-0.3, -0.25) is 9.80 Å². The molecule has 2 aromatic rings. The van der Waals surface area contributed by atoms with E-state index in [0.29, 0.717) is 18.7 Å². The predicted octanol–water partition coefficient (Wildman–Crippen LogP) is 3.71. The summed E-state index contributed by atoms with van der Waals surface area (Å²) in [4.78, 5) is 13.8. The van der Waals surface area contributed by atoms with E-state index in [-0.39, 0.29) is 17.8 Å².